The van der Waals surface area contributed by atoms with Crippen LogP contribution in [0, 0.1) is 0 Å². The van der Waals surface area contributed by atoms with Crippen molar-refractivity contribution in [2.75, 3.05) is 11.5 Å². The Morgan fingerprint density at radius 1 is 0.755 bits per heavy atom. The van der Waals surface area contributed by atoms with E-state index in [2.05, 4.69) is 6.92 Å². The minimum Gasteiger partial charge on any atom is -0.481 e. The predicted molar refractivity (Wildman–Crippen MR) is 186 cm³/mol. The van der Waals surface area contributed by atoms with Gasteiger partial charge in [0.2, 0.25) is 0 Å². The Kier molecular flexibility index (Phi) is 13.3. The molecule has 5 N–H and O–H groups in total. The van der Waals surface area contributed by atoms with Gasteiger partial charge in [0.25, 0.3) is 0 Å². The third-order valence-electron chi connectivity index (χ3n) is 10.5. The van der Waals surface area contributed by atoms with Crippen LogP contribution >= 0.6 is 11.8 Å². The molecule has 2 aromatic carbocycles. The fourth-order valence-corrected chi connectivity index (χ4v) is 8.68. The number of hydrogen-bond donors (Lipinski definition) is 5. The zero-order valence-electron chi connectivity index (χ0n) is 28.6. The van der Waals surface area contributed by atoms with Gasteiger partial charge in [0.05, 0.1) is 36.6 Å². The van der Waals surface area contributed by atoms with E-state index in [1.54, 1.807) is 0 Å². The summed E-state index contributed by atoms with van der Waals surface area (Å²) in [6, 6.07) is 19.6. The van der Waals surface area contributed by atoms with Gasteiger partial charge in [-0.15, -0.1) is 0 Å². The van der Waals surface area contributed by atoms with Gasteiger partial charge in [-0.3, -0.25) is 14.4 Å². The van der Waals surface area contributed by atoms with Crippen LogP contribution in [-0.4, -0.2) is 84.6 Å². The van der Waals surface area contributed by atoms with E-state index in [0.29, 0.717) is 6.42 Å². The Morgan fingerprint density at radius 3 is 1.73 bits per heavy atom. The van der Waals surface area contributed by atoms with Gasteiger partial charge in [0, 0.05) is 30.1 Å². The van der Waals surface area contributed by atoms with Crippen LogP contribution in [0.5, 0.6) is 0 Å². The van der Waals surface area contributed by atoms with Crippen LogP contribution < -0.4 is 0 Å². The Morgan fingerprint density at radius 2 is 1.22 bits per heavy atom. The Balaban J connectivity index is 1.30. The number of rotatable bonds is 18. The van der Waals surface area contributed by atoms with Crippen molar-refractivity contribution in [3.63, 3.8) is 0 Å². The molecule has 0 aliphatic carbocycles. The number of hydrogen-bond acceptors (Lipinski definition) is 9. The molecule has 0 radical (unpaired) electrons. The molecule has 2 saturated heterocycles. The second kappa shape index (κ2) is 16.8. The molecule has 2 aliphatic rings. The van der Waals surface area contributed by atoms with Gasteiger partial charge >= 0.3 is 17.9 Å². The summed E-state index contributed by atoms with van der Waals surface area (Å²) in [7, 11) is 0. The van der Waals surface area contributed by atoms with E-state index < -0.39 is 71.3 Å². The Labute approximate surface area is 293 Å². The number of carboxylic acids is 2. The van der Waals surface area contributed by atoms with E-state index in [4.69, 9.17) is 9.47 Å². The standard InChI is InChI=1S/C38H52O10S/c1-35(27-13-5-3-6-14-27,29-21-37(45,23-31(39)40)25-33(43)47-29)17-9-11-19-49-20-12-10-18-36(2,28-15-7-4-8-16-28)30-22-38(46,24-32(41)42)26-34(44)48-30/h3-8,13-16,29-30,33,43,45-46H,9-12,17-26H2,1-2H3,(H,39,40)(H,41,42). The number of cyclic esters (lactones) is 1. The van der Waals surface area contributed by atoms with Crippen LogP contribution in [0.1, 0.15) is 102 Å². The van der Waals surface area contributed by atoms with Gasteiger partial charge in [-0.1, -0.05) is 87.4 Å². The van der Waals surface area contributed by atoms with Crippen LogP contribution in [-0.2, 0) is 34.7 Å². The van der Waals surface area contributed by atoms with E-state index >= 15 is 0 Å². The first-order valence-corrected chi connectivity index (χ1v) is 18.4. The largest absolute Gasteiger partial charge is 0.481 e. The maximum atomic E-state index is 12.5. The fourth-order valence-electron chi connectivity index (χ4n) is 7.66. The third kappa shape index (κ3) is 10.5. The summed E-state index contributed by atoms with van der Waals surface area (Å²) in [5, 5.41) is 51.3. The zero-order chi connectivity index (χ0) is 35.7. The lowest BCUT2D eigenvalue weighted by Gasteiger charge is -2.47. The van der Waals surface area contributed by atoms with Gasteiger partial charge in [-0.25, -0.2) is 0 Å². The maximum absolute atomic E-state index is 12.5. The smallest absolute Gasteiger partial charge is 0.309 e. The van der Waals surface area contributed by atoms with Crippen molar-refractivity contribution >= 4 is 29.7 Å². The average Bonchev–Trinajstić information content (AvgIpc) is 3.02. The van der Waals surface area contributed by atoms with E-state index in [1.807, 2.05) is 79.3 Å². The van der Waals surface area contributed by atoms with Crippen molar-refractivity contribution in [2.24, 2.45) is 0 Å². The van der Waals surface area contributed by atoms with Crippen LogP contribution in [0.25, 0.3) is 0 Å². The molecule has 11 heteroatoms. The van der Waals surface area contributed by atoms with E-state index in [1.165, 1.54) is 0 Å². The number of carboxylic acid groups (broad SMARTS) is 2. The van der Waals surface area contributed by atoms with Gasteiger partial charge in [0.1, 0.15) is 6.10 Å². The lowest BCUT2D eigenvalue weighted by molar-refractivity contribution is -0.235. The first-order chi connectivity index (χ1) is 23.2. The number of benzene rings is 2. The van der Waals surface area contributed by atoms with Crippen molar-refractivity contribution in [3.8, 4) is 0 Å². The summed E-state index contributed by atoms with van der Waals surface area (Å²) >= 11 is 1.86. The first-order valence-electron chi connectivity index (χ1n) is 17.3. The highest BCUT2D eigenvalue weighted by Gasteiger charge is 2.50. The molecule has 0 bridgehead atoms. The molecular formula is C38H52O10S. The molecular weight excluding hydrogens is 648 g/mol. The molecule has 0 saturated carbocycles. The summed E-state index contributed by atoms with van der Waals surface area (Å²) in [4.78, 5) is 35.4. The molecule has 270 valence electrons. The van der Waals surface area contributed by atoms with Gasteiger partial charge in [-0.2, -0.15) is 11.8 Å². The summed E-state index contributed by atoms with van der Waals surface area (Å²) in [5.41, 5.74) is -2.32. The minimum absolute atomic E-state index is 0.0663. The summed E-state index contributed by atoms with van der Waals surface area (Å²) in [6.07, 6.45) is 1.37. The minimum atomic E-state index is -1.64. The lowest BCUT2D eigenvalue weighted by Crippen LogP contribution is -2.53. The van der Waals surface area contributed by atoms with Crippen molar-refractivity contribution < 1.29 is 49.4 Å². The predicted octanol–water partition coefficient (Wildman–Crippen LogP) is 5.59. The number of aliphatic hydroxyl groups excluding tert-OH is 1. The van der Waals surface area contributed by atoms with E-state index in [0.717, 1.165) is 54.7 Å². The molecule has 0 spiro atoms. The molecule has 4 rings (SSSR count). The van der Waals surface area contributed by atoms with E-state index in [-0.39, 0.29) is 25.7 Å². The summed E-state index contributed by atoms with van der Waals surface area (Å²) in [5.74, 6) is -0.959. The topological polar surface area (TPSA) is 171 Å². The number of unbranched alkanes of at least 4 members (excludes halogenated alkanes) is 2. The number of aliphatic hydroxyl groups is 3. The van der Waals surface area contributed by atoms with Crippen molar-refractivity contribution in [3.05, 3.63) is 71.8 Å². The number of thioether (sulfide) groups is 1. The number of carbonyl (C=O) groups excluding carboxylic acids is 1. The van der Waals surface area contributed by atoms with E-state index in [9.17, 15) is 39.9 Å². The second-order valence-electron chi connectivity index (χ2n) is 14.5. The molecule has 2 aromatic rings. The number of esters is 1. The Hall–Kier alpha value is -2.96. The number of ether oxygens (including phenoxy) is 2. The molecule has 0 amide bonds. The van der Waals surface area contributed by atoms with Crippen LogP contribution in [0.3, 0.4) is 0 Å². The quantitative estimate of drug-likeness (QED) is 0.0970. The highest BCUT2D eigenvalue weighted by atomic mass is 32.2. The Bertz CT molecular complexity index is 1390. The SMILES string of the molecule is CC(CCCCSCCCCC(C)(c1ccccc1)C1CC(O)(CC(=O)O)CC(O)O1)(c1ccccc1)C1CC(O)(CC(=O)O)CC(=O)O1. The van der Waals surface area contributed by atoms with Crippen molar-refractivity contribution in [1.82, 2.24) is 0 Å². The zero-order valence-corrected chi connectivity index (χ0v) is 29.4. The molecule has 7 unspecified atom stereocenters. The molecule has 49 heavy (non-hydrogen) atoms. The third-order valence-corrected chi connectivity index (χ3v) is 11.6. The highest BCUT2D eigenvalue weighted by molar-refractivity contribution is 7.99. The monoisotopic (exact) mass is 700 g/mol. The number of aliphatic carboxylic acids is 2. The average molecular weight is 701 g/mol. The van der Waals surface area contributed by atoms with Gasteiger partial charge in [-0.05, 0) is 48.3 Å². The first kappa shape index (κ1) is 38.8. The summed E-state index contributed by atoms with van der Waals surface area (Å²) in [6.45, 7) is 4.09. The molecule has 2 aliphatic heterocycles. The van der Waals surface area contributed by atoms with Gasteiger partial charge < -0.3 is 35.0 Å². The fraction of sp³-hybridized carbons (Fsp3) is 0.605. The van der Waals surface area contributed by atoms with Crippen LogP contribution in [0.2, 0.25) is 0 Å². The molecule has 0 aromatic heterocycles. The number of carbonyl (C=O) groups is 3. The normalized spacial score (nSPS) is 28.2. The van der Waals surface area contributed by atoms with Crippen molar-refractivity contribution in [2.45, 2.75) is 131 Å². The molecule has 10 nitrogen and oxygen atoms in total. The van der Waals surface area contributed by atoms with Gasteiger partial charge in [0.15, 0.2) is 6.29 Å². The lowest BCUT2D eigenvalue weighted by atomic mass is 9.69. The molecule has 2 heterocycles. The van der Waals surface area contributed by atoms with Crippen molar-refractivity contribution in [1.29, 1.82) is 0 Å². The van der Waals surface area contributed by atoms with Crippen LogP contribution in [0.4, 0.5) is 0 Å². The molecule has 2 fully saturated rings. The van der Waals surface area contributed by atoms with Crippen LogP contribution in [0.15, 0.2) is 60.7 Å². The highest BCUT2D eigenvalue weighted by Crippen LogP contribution is 2.44. The molecule has 7 atom stereocenters. The summed E-state index contributed by atoms with van der Waals surface area (Å²) < 4.78 is 11.8. The second-order valence-corrected chi connectivity index (χ2v) is 15.8. The maximum Gasteiger partial charge on any atom is 0.309 e.